The van der Waals surface area contributed by atoms with Gasteiger partial charge < -0.3 is 5.32 Å². The quantitative estimate of drug-likeness (QED) is 0.870. The molecule has 0 saturated carbocycles. The molecule has 1 saturated heterocycles. The summed E-state index contributed by atoms with van der Waals surface area (Å²) in [6.45, 7) is 7.83. The molecule has 1 aliphatic heterocycles. The van der Waals surface area contributed by atoms with Crippen LogP contribution in [-0.2, 0) is 6.54 Å². The Morgan fingerprint density at radius 1 is 1.37 bits per heavy atom. The van der Waals surface area contributed by atoms with Crippen molar-refractivity contribution < 1.29 is 0 Å². The van der Waals surface area contributed by atoms with Gasteiger partial charge in [0.1, 0.15) is 0 Å². The van der Waals surface area contributed by atoms with Gasteiger partial charge in [-0.2, -0.15) is 0 Å². The van der Waals surface area contributed by atoms with Crippen LogP contribution in [0, 0.1) is 5.92 Å². The first-order valence-corrected chi connectivity index (χ1v) is 8.23. The van der Waals surface area contributed by atoms with Gasteiger partial charge in [-0.3, -0.25) is 4.90 Å². The third-order valence-electron chi connectivity index (χ3n) is 3.82. The maximum Gasteiger partial charge on any atom is 0.0410 e. The first kappa shape index (κ1) is 15.3. The lowest BCUT2D eigenvalue weighted by Crippen LogP contribution is -2.36. The van der Waals surface area contributed by atoms with Gasteiger partial charge in [0.2, 0.25) is 0 Å². The fourth-order valence-corrected chi connectivity index (χ4v) is 3.21. The summed E-state index contributed by atoms with van der Waals surface area (Å²) < 4.78 is 1.15. The second kappa shape index (κ2) is 7.63. The number of nitrogens with one attached hydrogen (secondary N) is 1. The molecule has 1 aliphatic rings. The Morgan fingerprint density at radius 2 is 2.11 bits per heavy atom. The van der Waals surface area contributed by atoms with Crippen LogP contribution in [0.4, 0.5) is 0 Å². The summed E-state index contributed by atoms with van der Waals surface area (Å²) in [4.78, 5) is 2.52. The molecule has 0 unspecified atom stereocenters. The summed E-state index contributed by atoms with van der Waals surface area (Å²) in [5, 5.41) is 4.24. The zero-order chi connectivity index (χ0) is 13.7. The molecule has 0 aromatic heterocycles. The average Bonchev–Trinajstić information content (AvgIpc) is 2.43. The molecule has 0 radical (unpaired) electrons. The van der Waals surface area contributed by atoms with Gasteiger partial charge in [0.05, 0.1) is 0 Å². The summed E-state index contributed by atoms with van der Waals surface area (Å²) in [5.74, 6) is 0.833. The summed E-state index contributed by atoms with van der Waals surface area (Å²) in [5.41, 5.74) is 1.28. The Balaban J connectivity index is 1.95. The fraction of sp³-hybridized carbons (Fsp3) is 0.600. The number of rotatable bonds is 5. The van der Waals surface area contributed by atoms with Crippen LogP contribution < -0.4 is 5.32 Å². The van der Waals surface area contributed by atoms with Crippen LogP contribution in [0.5, 0.6) is 0 Å². The zero-order valence-electron chi connectivity index (χ0n) is 11.5. The smallest absolute Gasteiger partial charge is 0.0410 e. The largest absolute Gasteiger partial charge is 0.317 e. The van der Waals surface area contributed by atoms with Crippen LogP contribution in [0.25, 0.3) is 0 Å². The van der Waals surface area contributed by atoms with Crippen LogP contribution in [0.1, 0.15) is 25.3 Å². The highest BCUT2D eigenvalue weighted by Gasteiger charge is 2.17. The SMILES string of the molecule is CCN(Cc1cc(Cl)ccc1Br)CC1CCNCC1. The molecule has 106 valence electrons. The average molecular weight is 346 g/mol. The highest BCUT2D eigenvalue weighted by molar-refractivity contribution is 9.10. The molecule has 1 fully saturated rings. The van der Waals surface area contributed by atoms with Gasteiger partial charge in [-0.15, -0.1) is 0 Å². The van der Waals surface area contributed by atoms with Gasteiger partial charge in [-0.1, -0.05) is 34.5 Å². The lowest BCUT2D eigenvalue weighted by Gasteiger charge is -2.29. The Kier molecular flexibility index (Phi) is 6.14. The van der Waals surface area contributed by atoms with Crippen molar-refractivity contribution in [2.45, 2.75) is 26.3 Å². The first-order valence-electron chi connectivity index (χ1n) is 7.06. The van der Waals surface area contributed by atoms with Gasteiger partial charge in [0.15, 0.2) is 0 Å². The van der Waals surface area contributed by atoms with E-state index in [4.69, 9.17) is 11.6 Å². The normalized spacial score (nSPS) is 17.1. The molecule has 0 bridgehead atoms. The molecular formula is C15H22BrClN2. The van der Waals surface area contributed by atoms with E-state index in [0.717, 1.165) is 28.5 Å². The second-order valence-electron chi connectivity index (χ2n) is 5.26. The predicted molar refractivity (Wildman–Crippen MR) is 85.7 cm³/mol. The number of benzene rings is 1. The summed E-state index contributed by atoms with van der Waals surface area (Å²) >= 11 is 9.71. The van der Waals surface area contributed by atoms with Crippen LogP contribution in [0.2, 0.25) is 5.02 Å². The summed E-state index contributed by atoms with van der Waals surface area (Å²) in [6.07, 6.45) is 2.60. The highest BCUT2D eigenvalue weighted by Crippen LogP contribution is 2.23. The number of hydrogen-bond acceptors (Lipinski definition) is 2. The second-order valence-corrected chi connectivity index (χ2v) is 6.55. The third-order valence-corrected chi connectivity index (χ3v) is 4.83. The number of hydrogen-bond donors (Lipinski definition) is 1. The van der Waals surface area contributed by atoms with E-state index < -0.39 is 0 Å². The van der Waals surface area contributed by atoms with E-state index in [1.54, 1.807) is 0 Å². The van der Waals surface area contributed by atoms with E-state index in [9.17, 15) is 0 Å². The van der Waals surface area contributed by atoms with E-state index >= 15 is 0 Å². The number of halogens is 2. The molecule has 1 N–H and O–H groups in total. The first-order chi connectivity index (χ1) is 9.19. The van der Waals surface area contributed by atoms with Gasteiger partial charge in [0.25, 0.3) is 0 Å². The minimum Gasteiger partial charge on any atom is -0.317 e. The van der Waals surface area contributed by atoms with Gasteiger partial charge in [-0.05, 0) is 62.2 Å². The van der Waals surface area contributed by atoms with E-state index in [1.807, 2.05) is 12.1 Å². The Labute approximate surface area is 129 Å². The molecule has 1 aromatic rings. The van der Waals surface area contributed by atoms with Crippen molar-refractivity contribution in [1.82, 2.24) is 10.2 Å². The number of piperidine rings is 1. The van der Waals surface area contributed by atoms with E-state index in [2.05, 4.69) is 39.1 Å². The Bertz CT molecular complexity index is 405. The molecule has 0 atom stereocenters. The van der Waals surface area contributed by atoms with Crippen molar-refractivity contribution in [3.8, 4) is 0 Å². The van der Waals surface area contributed by atoms with Gasteiger partial charge >= 0.3 is 0 Å². The zero-order valence-corrected chi connectivity index (χ0v) is 13.8. The van der Waals surface area contributed by atoms with Crippen LogP contribution in [0.15, 0.2) is 22.7 Å². The molecule has 4 heteroatoms. The fourth-order valence-electron chi connectivity index (χ4n) is 2.64. The van der Waals surface area contributed by atoms with Crippen molar-refractivity contribution >= 4 is 27.5 Å². The maximum atomic E-state index is 6.09. The topological polar surface area (TPSA) is 15.3 Å². The molecule has 2 nitrogen and oxygen atoms in total. The van der Waals surface area contributed by atoms with E-state index in [0.29, 0.717) is 0 Å². The molecule has 1 heterocycles. The monoisotopic (exact) mass is 344 g/mol. The predicted octanol–water partition coefficient (Wildman–Crippen LogP) is 3.92. The minimum absolute atomic E-state index is 0.816. The third kappa shape index (κ3) is 4.75. The molecule has 0 aliphatic carbocycles. The standard InChI is InChI=1S/C15H22BrClN2/c1-2-19(10-12-5-7-18-8-6-12)11-13-9-14(17)3-4-15(13)16/h3-4,9,12,18H,2,5-8,10-11H2,1H3. The van der Waals surface area contributed by atoms with Crippen LogP contribution >= 0.6 is 27.5 Å². The minimum atomic E-state index is 0.816. The highest BCUT2D eigenvalue weighted by atomic mass is 79.9. The number of nitrogens with zero attached hydrogens (tertiary/aromatic N) is 1. The molecule has 0 amide bonds. The van der Waals surface area contributed by atoms with E-state index in [1.165, 1.54) is 38.0 Å². The van der Waals surface area contributed by atoms with E-state index in [-0.39, 0.29) is 0 Å². The van der Waals surface area contributed by atoms with Crippen molar-refractivity contribution in [2.24, 2.45) is 5.92 Å². The Hall–Kier alpha value is -0.0900. The van der Waals surface area contributed by atoms with Crippen molar-refractivity contribution in [3.63, 3.8) is 0 Å². The molecule has 2 rings (SSSR count). The Morgan fingerprint density at radius 3 is 2.79 bits per heavy atom. The van der Waals surface area contributed by atoms with Gasteiger partial charge in [-0.25, -0.2) is 0 Å². The van der Waals surface area contributed by atoms with Crippen molar-refractivity contribution in [3.05, 3.63) is 33.3 Å². The van der Waals surface area contributed by atoms with Crippen LogP contribution in [0.3, 0.4) is 0 Å². The summed E-state index contributed by atoms with van der Waals surface area (Å²) in [7, 11) is 0. The van der Waals surface area contributed by atoms with Crippen LogP contribution in [-0.4, -0.2) is 31.1 Å². The molecule has 1 aromatic carbocycles. The molecular weight excluding hydrogens is 324 g/mol. The van der Waals surface area contributed by atoms with Crippen molar-refractivity contribution in [1.29, 1.82) is 0 Å². The lowest BCUT2D eigenvalue weighted by molar-refractivity contribution is 0.207. The lowest BCUT2D eigenvalue weighted by atomic mass is 9.97. The van der Waals surface area contributed by atoms with Crippen molar-refractivity contribution in [2.75, 3.05) is 26.2 Å². The van der Waals surface area contributed by atoms with Gasteiger partial charge in [0, 0.05) is 22.6 Å². The summed E-state index contributed by atoms with van der Waals surface area (Å²) in [6, 6.07) is 6.03. The molecule has 19 heavy (non-hydrogen) atoms. The maximum absolute atomic E-state index is 6.09. The molecule has 0 spiro atoms.